The lowest BCUT2D eigenvalue weighted by Crippen LogP contribution is -2.62. The van der Waals surface area contributed by atoms with E-state index in [0.717, 1.165) is 32.1 Å². The van der Waals surface area contributed by atoms with Gasteiger partial charge in [0, 0.05) is 19.6 Å². The average Bonchev–Trinajstić information content (AvgIpc) is 2.49. The molecule has 0 aromatic heterocycles. The van der Waals surface area contributed by atoms with E-state index in [-0.39, 0.29) is 24.8 Å². The molecule has 1 heterocycles. The molecule has 1 aliphatic heterocycles. The third-order valence-corrected chi connectivity index (χ3v) is 4.61. The molecular formula is C14H23N3O4. The minimum atomic E-state index is -1.08. The molecule has 0 bridgehead atoms. The molecule has 0 spiro atoms. The van der Waals surface area contributed by atoms with Crippen LogP contribution in [0.15, 0.2) is 0 Å². The van der Waals surface area contributed by atoms with E-state index in [1.807, 2.05) is 0 Å². The number of carboxylic acids is 1. The highest BCUT2D eigenvalue weighted by Gasteiger charge is 2.45. The number of amides is 2. The molecule has 21 heavy (non-hydrogen) atoms. The first-order chi connectivity index (χ1) is 10.00. The molecule has 1 atom stereocenters. The first-order valence-electron chi connectivity index (χ1n) is 7.51. The molecule has 4 N–H and O–H groups in total. The molecule has 1 saturated carbocycles. The summed E-state index contributed by atoms with van der Waals surface area (Å²) in [7, 11) is 0. The molecule has 2 aliphatic rings. The Morgan fingerprint density at radius 1 is 1.33 bits per heavy atom. The SMILES string of the molecule is NCC1(C(=O)N2CCNC(=O)C2CC(=O)O)CCCCC1. The Labute approximate surface area is 123 Å². The number of carbonyl (C=O) groups is 3. The van der Waals surface area contributed by atoms with Crippen LogP contribution in [0.1, 0.15) is 38.5 Å². The highest BCUT2D eigenvalue weighted by Crippen LogP contribution is 2.38. The number of hydrogen-bond donors (Lipinski definition) is 3. The maximum Gasteiger partial charge on any atom is 0.305 e. The van der Waals surface area contributed by atoms with Crippen LogP contribution in [0.2, 0.25) is 0 Å². The molecule has 0 aromatic carbocycles. The highest BCUT2D eigenvalue weighted by atomic mass is 16.4. The summed E-state index contributed by atoms with van der Waals surface area (Å²) in [5.74, 6) is -1.62. The van der Waals surface area contributed by atoms with Crippen molar-refractivity contribution < 1.29 is 19.5 Å². The van der Waals surface area contributed by atoms with Gasteiger partial charge in [-0.1, -0.05) is 19.3 Å². The Kier molecular flexibility index (Phi) is 4.82. The Morgan fingerprint density at radius 2 is 2.00 bits per heavy atom. The molecule has 2 fully saturated rings. The Balaban J connectivity index is 2.21. The Hall–Kier alpha value is -1.63. The van der Waals surface area contributed by atoms with Crippen LogP contribution in [0, 0.1) is 5.41 Å². The predicted octanol–water partition coefficient (Wildman–Crippen LogP) is -0.303. The van der Waals surface area contributed by atoms with E-state index >= 15 is 0 Å². The van der Waals surface area contributed by atoms with Gasteiger partial charge in [-0.2, -0.15) is 0 Å². The van der Waals surface area contributed by atoms with Crippen molar-refractivity contribution in [2.45, 2.75) is 44.6 Å². The average molecular weight is 297 g/mol. The van der Waals surface area contributed by atoms with Crippen LogP contribution in [0.3, 0.4) is 0 Å². The number of carbonyl (C=O) groups excluding carboxylic acids is 2. The van der Waals surface area contributed by atoms with Gasteiger partial charge in [0.25, 0.3) is 0 Å². The van der Waals surface area contributed by atoms with Crippen molar-refractivity contribution >= 4 is 17.8 Å². The van der Waals surface area contributed by atoms with E-state index in [2.05, 4.69) is 5.32 Å². The van der Waals surface area contributed by atoms with Crippen LogP contribution in [-0.2, 0) is 14.4 Å². The molecule has 7 nitrogen and oxygen atoms in total. The summed E-state index contributed by atoms with van der Waals surface area (Å²) in [6.45, 7) is 0.968. The van der Waals surface area contributed by atoms with Gasteiger partial charge in [0.1, 0.15) is 6.04 Å². The molecule has 7 heteroatoms. The number of aliphatic carboxylic acids is 1. The van der Waals surface area contributed by atoms with E-state index in [0.29, 0.717) is 13.1 Å². The number of nitrogens with two attached hydrogens (primary N) is 1. The smallest absolute Gasteiger partial charge is 0.305 e. The van der Waals surface area contributed by atoms with E-state index in [4.69, 9.17) is 10.8 Å². The molecule has 2 rings (SSSR count). The minimum Gasteiger partial charge on any atom is -0.481 e. The van der Waals surface area contributed by atoms with Gasteiger partial charge < -0.3 is 21.1 Å². The first-order valence-corrected chi connectivity index (χ1v) is 7.51. The summed E-state index contributed by atoms with van der Waals surface area (Å²) in [5.41, 5.74) is 5.24. The Morgan fingerprint density at radius 3 is 2.57 bits per heavy atom. The predicted molar refractivity (Wildman–Crippen MR) is 75.3 cm³/mol. The van der Waals surface area contributed by atoms with Crippen LogP contribution in [0.5, 0.6) is 0 Å². The summed E-state index contributed by atoms with van der Waals surface area (Å²) in [4.78, 5) is 37.2. The van der Waals surface area contributed by atoms with Crippen LogP contribution < -0.4 is 11.1 Å². The lowest BCUT2D eigenvalue weighted by Gasteiger charge is -2.43. The summed E-state index contributed by atoms with van der Waals surface area (Å²) in [6.07, 6.45) is 4.08. The molecular weight excluding hydrogens is 274 g/mol. The summed E-state index contributed by atoms with van der Waals surface area (Å²) in [5, 5.41) is 11.6. The summed E-state index contributed by atoms with van der Waals surface area (Å²) in [6, 6.07) is -0.922. The normalized spacial score (nSPS) is 25.3. The standard InChI is InChI=1S/C14H23N3O4/c15-9-14(4-2-1-3-5-14)13(21)17-7-6-16-12(20)10(17)8-11(18)19/h10H,1-9,15H2,(H,16,20)(H,18,19). The zero-order valence-corrected chi connectivity index (χ0v) is 12.1. The van der Waals surface area contributed by atoms with Crippen LogP contribution in [0.25, 0.3) is 0 Å². The third kappa shape index (κ3) is 3.18. The van der Waals surface area contributed by atoms with Crippen molar-refractivity contribution in [3.8, 4) is 0 Å². The van der Waals surface area contributed by atoms with Gasteiger partial charge >= 0.3 is 5.97 Å². The highest BCUT2D eigenvalue weighted by molar-refractivity contribution is 5.93. The van der Waals surface area contributed by atoms with E-state index in [1.54, 1.807) is 0 Å². The summed E-state index contributed by atoms with van der Waals surface area (Å²) >= 11 is 0. The fraction of sp³-hybridized carbons (Fsp3) is 0.786. The van der Waals surface area contributed by atoms with Crippen molar-refractivity contribution in [1.82, 2.24) is 10.2 Å². The van der Waals surface area contributed by atoms with Gasteiger partial charge in [0.15, 0.2) is 0 Å². The maximum atomic E-state index is 12.9. The molecule has 118 valence electrons. The second-order valence-electron chi connectivity index (χ2n) is 5.95. The molecule has 0 aromatic rings. The van der Waals surface area contributed by atoms with Crippen molar-refractivity contribution in [2.24, 2.45) is 11.1 Å². The van der Waals surface area contributed by atoms with Crippen molar-refractivity contribution in [1.29, 1.82) is 0 Å². The monoisotopic (exact) mass is 297 g/mol. The van der Waals surface area contributed by atoms with Crippen molar-refractivity contribution in [3.05, 3.63) is 0 Å². The number of hydrogen-bond acceptors (Lipinski definition) is 4. The molecule has 0 radical (unpaired) electrons. The van der Waals surface area contributed by atoms with Crippen molar-refractivity contribution in [2.75, 3.05) is 19.6 Å². The maximum absolute atomic E-state index is 12.9. The fourth-order valence-electron chi connectivity index (χ4n) is 3.36. The lowest BCUT2D eigenvalue weighted by molar-refractivity contribution is -0.155. The van der Waals surface area contributed by atoms with E-state index in [9.17, 15) is 14.4 Å². The zero-order valence-electron chi connectivity index (χ0n) is 12.1. The summed E-state index contributed by atoms with van der Waals surface area (Å²) < 4.78 is 0. The minimum absolute atomic E-state index is 0.147. The lowest BCUT2D eigenvalue weighted by atomic mass is 9.72. The molecule has 1 aliphatic carbocycles. The molecule has 2 amide bonds. The van der Waals surface area contributed by atoms with Crippen LogP contribution >= 0.6 is 0 Å². The van der Waals surface area contributed by atoms with Crippen molar-refractivity contribution in [3.63, 3.8) is 0 Å². The number of piperazine rings is 1. The number of nitrogens with zero attached hydrogens (tertiary/aromatic N) is 1. The molecule has 1 unspecified atom stereocenters. The molecule has 1 saturated heterocycles. The topological polar surface area (TPSA) is 113 Å². The Bertz CT molecular complexity index is 432. The largest absolute Gasteiger partial charge is 0.481 e. The van der Waals surface area contributed by atoms with E-state index < -0.39 is 17.4 Å². The third-order valence-electron chi connectivity index (χ3n) is 4.61. The van der Waals surface area contributed by atoms with Gasteiger partial charge in [-0.15, -0.1) is 0 Å². The van der Waals surface area contributed by atoms with Crippen LogP contribution in [0.4, 0.5) is 0 Å². The van der Waals surface area contributed by atoms with Gasteiger partial charge in [-0.3, -0.25) is 14.4 Å². The number of nitrogens with one attached hydrogen (secondary N) is 1. The van der Waals surface area contributed by atoms with Gasteiger partial charge in [-0.05, 0) is 12.8 Å². The second-order valence-corrected chi connectivity index (χ2v) is 5.95. The zero-order chi connectivity index (χ0) is 15.5. The van der Waals surface area contributed by atoms with Gasteiger partial charge in [-0.25, -0.2) is 0 Å². The number of rotatable bonds is 4. The van der Waals surface area contributed by atoms with Gasteiger partial charge in [0.2, 0.25) is 11.8 Å². The number of carboxylic acid groups (broad SMARTS) is 1. The second kappa shape index (κ2) is 6.43. The first kappa shape index (κ1) is 15.8. The van der Waals surface area contributed by atoms with E-state index in [1.165, 1.54) is 4.90 Å². The van der Waals surface area contributed by atoms with Crippen LogP contribution in [-0.4, -0.2) is 53.5 Å². The fourth-order valence-corrected chi connectivity index (χ4v) is 3.36. The quantitative estimate of drug-likeness (QED) is 0.659. The van der Waals surface area contributed by atoms with Gasteiger partial charge in [0.05, 0.1) is 11.8 Å².